The van der Waals surface area contributed by atoms with Crippen molar-refractivity contribution in [1.82, 2.24) is 4.98 Å². The summed E-state index contributed by atoms with van der Waals surface area (Å²) < 4.78 is 4.68. The molecule has 0 fully saturated rings. The summed E-state index contributed by atoms with van der Waals surface area (Å²) in [5, 5.41) is 9.18. The van der Waals surface area contributed by atoms with Crippen molar-refractivity contribution in [1.29, 1.82) is 0 Å². The minimum absolute atomic E-state index is 0. The number of hydrogen-bond acceptors (Lipinski definition) is 4. The zero-order valence-corrected chi connectivity index (χ0v) is 7.52. The van der Waals surface area contributed by atoms with Gasteiger partial charge in [0.15, 0.2) is 0 Å². The average molecular weight is 221 g/mol. The Hall–Kier alpha value is 0.216. The second kappa shape index (κ2) is 5.94. The quantitative estimate of drug-likeness (QED) is 0.444. The number of pyridine rings is 1. The van der Waals surface area contributed by atoms with E-state index in [1.54, 1.807) is 12.1 Å². The molecule has 5 heteroatoms. The Kier molecular flexibility index (Phi) is 6.04. The molecule has 0 amide bonds. The van der Waals surface area contributed by atoms with Crippen molar-refractivity contribution < 1.29 is 14.6 Å². The molecule has 0 aliphatic heterocycles. The molecule has 0 unspecified atom stereocenters. The summed E-state index contributed by atoms with van der Waals surface area (Å²) >= 11 is 0. The number of carbonyl (C=O) groups excluding carboxylic acids is 1. The molecule has 1 rings (SSSR count). The molecule has 1 aromatic heterocycles. The maximum absolute atomic E-state index is 11.2. The Bertz CT molecular complexity index is 295. The van der Waals surface area contributed by atoms with Gasteiger partial charge in [0.05, 0.1) is 0 Å². The van der Waals surface area contributed by atoms with Crippen molar-refractivity contribution in [2.75, 3.05) is 0 Å². The van der Waals surface area contributed by atoms with E-state index in [-0.39, 0.29) is 57.1 Å². The summed E-state index contributed by atoms with van der Waals surface area (Å²) in [6, 6.07) is 4.89. The number of aliphatic hydroxyl groups is 1. The van der Waals surface area contributed by atoms with Gasteiger partial charge >= 0.3 is 57.4 Å². The average Bonchev–Trinajstić information content (AvgIpc) is 2.03. The molecule has 0 atom stereocenters. The fraction of sp³-hybridized carbons (Fsp3) is 0.333. The van der Waals surface area contributed by atoms with Crippen LogP contribution < -0.4 is 0 Å². The van der Waals surface area contributed by atoms with E-state index in [0.717, 1.165) is 0 Å². The van der Waals surface area contributed by atoms with Crippen LogP contribution in [0.4, 0.5) is 0 Å². The number of hydrogen-bond donors (Lipinski definition) is 1. The summed E-state index contributed by atoms with van der Waals surface area (Å²) in [5.41, 5.74) is 0.185. The van der Waals surface area contributed by atoms with Crippen LogP contribution in [0.25, 0.3) is 0 Å². The fourth-order valence-corrected chi connectivity index (χ4v) is 0.763. The molecule has 1 aromatic rings. The summed E-state index contributed by atoms with van der Waals surface area (Å²) in [5.74, 6) is -2.10. The number of ether oxygens (including phenoxy) is 1. The predicted molar refractivity (Wildman–Crippen MR) is 53.1 cm³/mol. The number of aromatic nitrogens is 1. The first-order valence-corrected chi connectivity index (χ1v) is 3.86. The van der Waals surface area contributed by atoms with Gasteiger partial charge < -0.3 is 9.84 Å². The molecule has 14 heavy (non-hydrogen) atoms. The van der Waals surface area contributed by atoms with Gasteiger partial charge in [0.1, 0.15) is 5.69 Å². The van der Waals surface area contributed by atoms with E-state index in [2.05, 4.69) is 9.72 Å². The molecule has 0 radical (unpaired) electrons. The van der Waals surface area contributed by atoms with Gasteiger partial charge in [-0.2, -0.15) is 0 Å². The number of nitrogens with zero attached hydrogens (tertiary/aromatic N) is 1. The van der Waals surface area contributed by atoms with Gasteiger partial charge in [-0.15, -0.1) is 0 Å². The van der Waals surface area contributed by atoms with Crippen LogP contribution in [-0.4, -0.2) is 73.2 Å². The van der Waals surface area contributed by atoms with Crippen LogP contribution >= 0.6 is 0 Å². The van der Waals surface area contributed by atoms with Crippen LogP contribution in [0.1, 0.15) is 24.3 Å². The Labute approximate surface area is 125 Å². The third-order valence-electron chi connectivity index (χ3n) is 1.22. The molecule has 0 saturated carbocycles. The fourth-order valence-electron chi connectivity index (χ4n) is 0.763. The molecule has 0 aliphatic rings. The normalized spacial score (nSPS) is 10.2. The van der Waals surface area contributed by atoms with E-state index >= 15 is 0 Å². The Morgan fingerprint density at radius 1 is 1.50 bits per heavy atom. The maximum atomic E-state index is 11.2. The molecule has 72 valence electrons. The molecule has 0 aliphatic carbocycles. The topological polar surface area (TPSA) is 59.4 Å². The van der Waals surface area contributed by atoms with E-state index < -0.39 is 11.8 Å². The predicted octanol–water partition coefficient (Wildman–Crippen LogP) is 0.318. The standard InChI is InChI=1S/C9H11NO3.K.H/c1-9(2,12)13-8(11)7-5-3-4-6-10-7;;/h3-6,12H,1-2H3;;. The number of carbonyl (C=O) groups is 1. The first-order valence-electron chi connectivity index (χ1n) is 3.86. The van der Waals surface area contributed by atoms with Crippen molar-refractivity contribution in [3.8, 4) is 0 Å². The SMILES string of the molecule is CC(C)(O)OC(=O)c1ccccn1.[KH]. The second-order valence-electron chi connectivity index (χ2n) is 3.05. The molecular weight excluding hydrogens is 209 g/mol. The van der Waals surface area contributed by atoms with Crippen LogP contribution in [0.3, 0.4) is 0 Å². The van der Waals surface area contributed by atoms with Crippen molar-refractivity contribution in [3.05, 3.63) is 30.1 Å². The van der Waals surface area contributed by atoms with E-state index in [1.165, 1.54) is 26.1 Å². The Morgan fingerprint density at radius 3 is 2.57 bits per heavy atom. The van der Waals surface area contributed by atoms with Crippen molar-refractivity contribution in [3.63, 3.8) is 0 Å². The zero-order valence-electron chi connectivity index (χ0n) is 7.52. The Morgan fingerprint density at radius 2 is 2.14 bits per heavy atom. The van der Waals surface area contributed by atoms with Crippen LogP contribution in [0.5, 0.6) is 0 Å². The van der Waals surface area contributed by atoms with E-state index in [1.807, 2.05) is 0 Å². The summed E-state index contributed by atoms with van der Waals surface area (Å²) in [4.78, 5) is 15.0. The van der Waals surface area contributed by atoms with Crippen LogP contribution in [0.2, 0.25) is 0 Å². The summed E-state index contributed by atoms with van der Waals surface area (Å²) in [7, 11) is 0. The second-order valence-corrected chi connectivity index (χ2v) is 3.05. The first-order chi connectivity index (χ1) is 5.99. The van der Waals surface area contributed by atoms with Crippen molar-refractivity contribution in [2.24, 2.45) is 0 Å². The molecule has 0 spiro atoms. The van der Waals surface area contributed by atoms with Gasteiger partial charge in [0.2, 0.25) is 5.79 Å². The van der Waals surface area contributed by atoms with E-state index in [4.69, 9.17) is 0 Å². The Balaban J connectivity index is 0.00000169. The van der Waals surface area contributed by atoms with Gasteiger partial charge in [-0.1, -0.05) is 6.07 Å². The van der Waals surface area contributed by atoms with E-state index in [9.17, 15) is 9.90 Å². The molecule has 1 heterocycles. The first kappa shape index (κ1) is 14.2. The van der Waals surface area contributed by atoms with Crippen LogP contribution in [0.15, 0.2) is 24.4 Å². The van der Waals surface area contributed by atoms with Gasteiger partial charge in [-0.05, 0) is 12.1 Å². The third kappa shape index (κ3) is 5.19. The molecule has 0 saturated heterocycles. The molecule has 1 N–H and O–H groups in total. The molecule has 0 bridgehead atoms. The zero-order chi connectivity index (χ0) is 9.90. The summed E-state index contributed by atoms with van der Waals surface area (Å²) in [6.45, 7) is 2.77. The monoisotopic (exact) mass is 221 g/mol. The molecular formula is C9H12KNO3. The van der Waals surface area contributed by atoms with Crippen LogP contribution in [0, 0.1) is 0 Å². The summed E-state index contributed by atoms with van der Waals surface area (Å²) in [6.07, 6.45) is 1.49. The number of esters is 1. The third-order valence-corrected chi connectivity index (χ3v) is 1.22. The van der Waals surface area contributed by atoms with Crippen LogP contribution in [-0.2, 0) is 4.74 Å². The van der Waals surface area contributed by atoms with Crippen molar-refractivity contribution in [2.45, 2.75) is 19.6 Å². The van der Waals surface area contributed by atoms with Gasteiger partial charge in [-0.3, -0.25) is 0 Å². The van der Waals surface area contributed by atoms with Gasteiger partial charge in [0, 0.05) is 20.0 Å². The molecule has 0 aromatic carbocycles. The van der Waals surface area contributed by atoms with Gasteiger partial charge in [-0.25, -0.2) is 9.78 Å². The van der Waals surface area contributed by atoms with Crippen molar-refractivity contribution >= 4 is 57.4 Å². The van der Waals surface area contributed by atoms with Gasteiger partial charge in [0.25, 0.3) is 0 Å². The van der Waals surface area contributed by atoms with E-state index in [0.29, 0.717) is 0 Å². The number of rotatable bonds is 2. The molecule has 4 nitrogen and oxygen atoms in total. The minimum atomic E-state index is -1.46.